The lowest BCUT2D eigenvalue weighted by atomic mass is 9.81. The van der Waals surface area contributed by atoms with Crippen molar-refractivity contribution in [1.82, 2.24) is 15.0 Å². The third-order valence-electron chi connectivity index (χ3n) is 3.81. The summed E-state index contributed by atoms with van der Waals surface area (Å²) in [6, 6.07) is 0.334. The van der Waals surface area contributed by atoms with Crippen molar-refractivity contribution in [3.05, 3.63) is 11.4 Å². The molecule has 4 nitrogen and oxygen atoms in total. The SMILES string of the molecule is CC(C)C(C)n1nnc(C(N)=S)c1C1CCC1. The van der Waals surface area contributed by atoms with Gasteiger partial charge in [-0.1, -0.05) is 37.7 Å². The highest BCUT2D eigenvalue weighted by atomic mass is 32.1. The molecule has 0 bridgehead atoms. The van der Waals surface area contributed by atoms with Gasteiger partial charge in [-0.2, -0.15) is 0 Å². The number of hydrogen-bond acceptors (Lipinski definition) is 3. The fraction of sp³-hybridized carbons (Fsp3) is 0.750. The summed E-state index contributed by atoms with van der Waals surface area (Å²) in [6.07, 6.45) is 3.68. The van der Waals surface area contributed by atoms with Crippen molar-refractivity contribution in [3.63, 3.8) is 0 Å². The number of hydrogen-bond donors (Lipinski definition) is 1. The van der Waals surface area contributed by atoms with Crippen LogP contribution >= 0.6 is 12.2 Å². The van der Waals surface area contributed by atoms with Gasteiger partial charge in [-0.3, -0.25) is 0 Å². The van der Waals surface area contributed by atoms with Gasteiger partial charge in [0.1, 0.15) is 10.7 Å². The minimum Gasteiger partial charge on any atom is -0.388 e. The summed E-state index contributed by atoms with van der Waals surface area (Å²) in [7, 11) is 0. The summed E-state index contributed by atoms with van der Waals surface area (Å²) < 4.78 is 2.03. The second kappa shape index (κ2) is 4.72. The van der Waals surface area contributed by atoms with Gasteiger partial charge >= 0.3 is 0 Å². The molecule has 2 rings (SSSR count). The molecule has 1 aliphatic carbocycles. The van der Waals surface area contributed by atoms with Crippen LogP contribution in [-0.2, 0) is 0 Å². The van der Waals surface area contributed by atoms with Crippen LogP contribution in [0.15, 0.2) is 0 Å². The number of aromatic nitrogens is 3. The highest BCUT2D eigenvalue weighted by Gasteiger charge is 2.30. The molecular formula is C12H20N4S. The Labute approximate surface area is 108 Å². The fourth-order valence-corrected chi connectivity index (χ4v) is 2.27. The van der Waals surface area contributed by atoms with E-state index < -0.39 is 0 Å². The first kappa shape index (κ1) is 12.5. The molecule has 1 saturated carbocycles. The first-order valence-electron chi connectivity index (χ1n) is 6.27. The maximum Gasteiger partial charge on any atom is 0.143 e. The lowest BCUT2D eigenvalue weighted by Crippen LogP contribution is -2.23. The van der Waals surface area contributed by atoms with Crippen LogP contribution in [-0.4, -0.2) is 20.0 Å². The van der Waals surface area contributed by atoms with Crippen LogP contribution in [0.3, 0.4) is 0 Å². The molecule has 0 aliphatic heterocycles. The van der Waals surface area contributed by atoms with Gasteiger partial charge in [0.15, 0.2) is 0 Å². The first-order valence-corrected chi connectivity index (χ1v) is 6.68. The zero-order valence-electron chi connectivity index (χ0n) is 10.7. The van der Waals surface area contributed by atoms with Crippen molar-refractivity contribution in [2.75, 3.05) is 0 Å². The summed E-state index contributed by atoms with van der Waals surface area (Å²) in [5, 5.41) is 8.43. The van der Waals surface area contributed by atoms with Crippen molar-refractivity contribution in [2.24, 2.45) is 11.7 Å². The molecular weight excluding hydrogens is 232 g/mol. The van der Waals surface area contributed by atoms with Crippen molar-refractivity contribution in [3.8, 4) is 0 Å². The van der Waals surface area contributed by atoms with E-state index >= 15 is 0 Å². The van der Waals surface area contributed by atoms with Gasteiger partial charge in [0, 0.05) is 5.92 Å². The maximum absolute atomic E-state index is 5.74. The summed E-state index contributed by atoms with van der Waals surface area (Å²) in [5.74, 6) is 1.07. The van der Waals surface area contributed by atoms with Crippen LogP contribution in [0.4, 0.5) is 0 Å². The highest BCUT2D eigenvalue weighted by molar-refractivity contribution is 7.80. The van der Waals surface area contributed by atoms with Gasteiger partial charge in [-0.25, -0.2) is 4.68 Å². The predicted octanol–water partition coefficient (Wildman–Crippen LogP) is 2.40. The van der Waals surface area contributed by atoms with Crippen molar-refractivity contribution in [2.45, 2.75) is 52.0 Å². The largest absolute Gasteiger partial charge is 0.388 e. The Morgan fingerprint density at radius 3 is 2.47 bits per heavy atom. The predicted molar refractivity (Wildman–Crippen MR) is 72.1 cm³/mol. The second-order valence-corrected chi connectivity index (χ2v) is 5.68. The van der Waals surface area contributed by atoms with Gasteiger partial charge in [0.05, 0.1) is 11.7 Å². The Bertz CT molecular complexity index is 420. The highest BCUT2D eigenvalue weighted by Crippen LogP contribution is 2.38. The Hall–Kier alpha value is -0.970. The van der Waals surface area contributed by atoms with Crippen molar-refractivity contribution >= 4 is 17.2 Å². The van der Waals surface area contributed by atoms with E-state index in [1.54, 1.807) is 0 Å². The van der Waals surface area contributed by atoms with Crippen LogP contribution in [0.25, 0.3) is 0 Å². The number of nitrogens with zero attached hydrogens (tertiary/aromatic N) is 3. The van der Waals surface area contributed by atoms with E-state index in [4.69, 9.17) is 18.0 Å². The molecule has 0 saturated heterocycles. The van der Waals surface area contributed by atoms with E-state index in [0.717, 1.165) is 11.4 Å². The molecule has 2 N–H and O–H groups in total. The number of thiocarbonyl (C=S) groups is 1. The number of rotatable bonds is 4. The molecule has 1 fully saturated rings. The molecule has 5 heteroatoms. The van der Waals surface area contributed by atoms with Crippen LogP contribution in [0.1, 0.15) is 63.4 Å². The van der Waals surface area contributed by atoms with Gasteiger partial charge < -0.3 is 5.73 Å². The van der Waals surface area contributed by atoms with Gasteiger partial charge in [-0.05, 0) is 25.7 Å². The molecule has 0 aromatic carbocycles. The zero-order valence-corrected chi connectivity index (χ0v) is 11.5. The molecule has 1 aromatic heterocycles. The van der Waals surface area contributed by atoms with E-state index in [1.807, 2.05) is 4.68 Å². The average Bonchev–Trinajstić information content (AvgIpc) is 2.58. The molecule has 1 aromatic rings. The molecule has 0 amide bonds. The summed E-state index contributed by atoms with van der Waals surface area (Å²) in [6.45, 7) is 6.56. The Kier molecular flexibility index (Phi) is 3.47. The Balaban J connectivity index is 2.41. The smallest absolute Gasteiger partial charge is 0.143 e. The normalized spacial score (nSPS) is 18.1. The van der Waals surface area contributed by atoms with E-state index in [2.05, 4.69) is 31.1 Å². The van der Waals surface area contributed by atoms with Gasteiger partial charge in [0.25, 0.3) is 0 Å². The van der Waals surface area contributed by atoms with E-state index in [9.17, 15) is 0 Å². The zero-order chi connectivity index (χ0) is 12.6. The Morgan fingerprint density at radius 1 is 1.41 bits per heavy atom. The standard InChI is InChI=1S/C12H20N4S/c1-7(2)8(3)16-11(9-5-4-6-9)10(12(13)17)14-15-16/h7-9H,4-6H2,1-3H3,(H2,13,17). The molecule has 17 heavy (non-hydrogen) atoms. The third kappa shape index (κ3) is 2.20. The van der Waals surface area contributed by atoms with Crippen LogP contribution in [0, 0.1) is 5.92 Å². The summed E-state index contributed by atoms with van der Waals surface area (Å²) >= 11 is 5.07. The maximum atomic E-state index is 5.74. The lowest BCUT2D eigenvalue weighted by molar-refractivity contribution is 0.323. The van der Waals surface area contributed by atoms with E-state index in [0.29, 0.717) is 22.9 Å². The molecule has 0 spiro atoms. The van der Waals surface area contributed by atoms with Crippen LogP contribution < -0.4 is 5.73 Å². The minimum absolute atomic E-state index is 0.334. The molecule has 0 radical (unpaired) electrons. The minimum atomic E-state index is 0.334. The van der Waals surface area contributed by atoms with Crippen molar-refractivity contribution in [1.29, 1.82) is 0 Å². The van der Waals surface area contributed by atoms with Crippen LogP contribution in [0.2, 0.25) is 0 Å². The van der Waals surface area contributed by atoms with E-state index in [-0.39, 0.29) is 0 Å². The first-order chi connectivity index (χ1) is 8.02. The summed E-state index contributed by atoms with van der Waals surface area (Å²) in [4.78, 5) is 0.370. The fourth-order valence-electron chi connectivity index (χ4n) is 2.12. The summed E-state index contributed by atoms with van der Waals surface area (Å²) in [5.41, 5.74) is 7.63. The average molecular weight is 252 g/mol. The second-order valence-electron chi connectivity index (χ2n) is 5.24. The van der Waals surface area contributed by atoms with Gasteiger partial charge in [0.2, 0.25) is 0 Å². The van der Waals surface area contributed by atoms with E-state index in [1.165, 1.54) is 19.3 Å². The molecule has 1 unspecified atom stereocenters. The quantitative estimate of drug-likeness (QED) is 0.836. The molecule has 1 atom stereocenters. The van der Waals surface area contributed by atoms with Crippen molar-refractivity contribution < 1.29 is 0 Å². The molecule has 1 aliphatic rings. The Morgan fingerprint density at radius 2 is 2.06 bits per heavy atom. The third-order valence-corrected chi connectivity index (χ3v) is 4.00. The van der Waals surface area contributed by atoms with Crippen LogP contribution in [0.5, 0.6) is 0 Å². The lowest BCUT2D eigenvalue weighted by Gasteiger charge is -2.29. The van der Waals surface area contributed by atoms with Gasteiger partial charge in [-0.15, -0.1) is 5.10 Å². The topological polar surface area (TPSA) is 56.7 Å². The monoisotopic (exact) mass is 252 g/mol. The molecule has 1 heterocycles. The molecule has 94 valence electrons. The number of nitrogens with two attached hydrogens (primary N) is 1.